The van der Waals surface area contributed by atoms with Gasteiger partial charge in [-0.05, 0) is 37.7 Å². The Bertz CT molecular complexity index is 953. The van der Waals surface area contributed by atoms with E-state index in [0.29, 0.717) is 17.6 Å². The van der Waals surface area contributed by atoms with Gasteiger partial charge >= 0.3 is 0 Å². The Morgan fingerprint density at radius 3 is 2.75 bits per heavy atom. The molecule has 1 saturated heterocycles. The van der Waals surface area contributed by atoms with Crippen LogP contribution >= 0.6 is 0 Å². The predicted octanol–water partition coefficient (Wildman–Crippen LogP) is 4.69. The molecule has 1 aliphatic heterocycles. The number of aromatic nitrogens is 4. The molecule has 2 fully saturated rings. The van der Waals surface area contributed by atoms with Crippen LogP contribution in [-0.2, 0) is 0 Å². The molecule has 1 unspecified atom stereocenters. The molecule has 0 spiro atoms. The number of nitrogens with one attached hydrogen (secondary N) is 2. The summed E-state index contributed by atoms with van der Waals surface area (Å²) in [6.45, 7) is 0.779. The SMILES string of the molecule is Fc1c(Nc2cc(C3CC3)[nH]n2)ncnc1N1CCCCC1c1ccccc1. The van der Waals surface area contributed by atoms with Gasteiger partial charge in [-0.3, -0.25) is 5.10 Å². The van der Waals surface area contributed by atoms with Gasteiger partial charge in [0.15, 0.2) is 17.5 Å². The average molecular weight is 378 g/mol. The summed E-state index contributed by atoms with van der Waals surface area (Å²) in [5.41, 5.74) is 2.29. The van der Waals surface area contributed by atoms with Gasteiger partial charge in [0.2, 0.25) is 5.82 Å². The maximum atomic E-state index is 15.3. The Balaban J connectivity index is 1.43. The normalized spacial score (nSPS) is 19.6. The van der Waals surface area contributed by atoms with E-state index in [1.54, 1.807) is 0 Å². The van der Waals surface area contributed by atoms with E-state index in [4.69, 9.17) is 0 Å². The molecule has 7 heteroatoms. The van der Waals surface area contributed by atoms with Crippen LogP contribution in [0.2, 0.25) is 0 Å². The molecule has 1 aromatic carbocycles. The van der Waals surface area contributed by atoms with Crippen molar-refractivity contribution in [3.8, 4) is 0 Å². The van der Waals surface area contributed by atoms with Crippen LogP contribution in [0.3, 0.4) is 0 Å². The van der Waals surface area contributed by atoms with E-state index >= 15 is 4.39 Å². The van der Waals surface area contributed by atoms with Crippen molar-refractivity contribution < 1.29 is 4.39 Å². The van der Waals surface area contributed by atoms with E-state index in [1.807, 2.05) is 24.3 Å². The summed E-state index contributed by atoms with van der Waals surface area (Å²) in [6, 6.07) is 12.3. The maximum Gasteiger partial charge on any atom is 0.208 e. The zero-order valence-corrected chi connectivity index (χ0v) is 15.6. The van der Waals surface area contributed by atoms with Crippen molar-refractivity contribution in [2.24, 2.45) is 0 Å². The van der Waals surface area contributed by atoms with Gasteiger partial charge in [0.25, 0.3) is 0 Å². The summed E-state index contributed by atoms with van der Waals surface area (Å²) in [6.07, 6.45) is 6.93. The minimum atomic E-state index is -0.429. The lowest BCUT2D eigenvalue weighted by Gasteiger charge is -2.37. The second-order valence-electron chi connectivity index (χ2n) is 7.58. The monoisotopic (exact) mass is 378 g/mol. The summed E-state index contributed by atoms with van der Waals surface area (Å²) in [5, 5.41) is 10.3. The molecule has 1 atom stereocenters. The van der Waals surface area contributed by atoms with Crippen molar-refractivity contribution >= 4 is 17.5 Å². The zero-order chi connectivity index (χ0) is 18.9. The molecular weight excluding hydrogens is 355 g/mol. The van der Waals surface area contributed by atoms with E-state index in [9.17, 15) is 0 Å². The van der Waals surface area contributed by atoms with Crippen LogP contribution in [0.5, 0.6) is 0 Å². The van der Waals surface area contributed by atoms with Gasteiger partial charge in [0.05, 0.1) is 6.04 Å². The van der Waals surface area contributed by atoms with Gasteiger partial charge in [-0.15, -0.1) is 0 Å². The van der Waals surface area contributed by atoms with Crippen molar-refractivity contribution in [3.63, 3.8) is 0 Å². The lowest BCUT2D eigenvalue weighted by Crippen LogP contribution is -2.34. The van der Waals surface area contributed by atoms with Crippen molar-refractivity contribution in [1.29, 1.82) is 0 Å². The van der Waals surface area contributed by atoms with Crippen molar-refractivity contribution in [2.75, 3.05) is 16.8 Å². The first kappa shape index (κ1) is 17.2. The largest absolute Gasteiger partial charge is 0.347 e. The summed E-state index contributed by atoms with van der Waals surface area (Å²) < 4.78 is 15.3. The molecule has 3 aromatic rings. The number of halogens is 1. The van der Waals surface area contributed by atoms with Crippen molar-refractivity contribution in [2.45, 2.75) is 44.1 Å². The molecule has 2 aromatic heterocycles. The summed E-state index contributed by atoms with van der Waals surface area (Å²) in [7, 11) is 0. The van der Waals surface area contributed by atoms with Crippen LogP contribution in [-0.4, -0.2) is 26.7 Å². The van der Waals surface area contributed by atoms with Crippen LogP contribution < -0.4 is 10.2 Å². The Morgan fingerprint density at radius 1 is 1.07 bits per heavy atom. The number of nitrogens with zero attached hydrogens (tertiary/aromatic N) is 4. The maximum absolute atomic E-state index is 15.3. The molecule has 0 amide bonds. The predicted molar refractivity (Wildman–Crippen MR) is 106 cm³/mol. The van der Waals surface area contributed by atoms with E-state index in [2.05, 4.69) is 42.5 Å². The molecule has 2 aliphatic rings. The number of benzene rings is 1. The molecule has 3 heterocycles. The van der Waals surface area contributed by atoms with Crippen LogP contribution in [0.1, 0.15) is 55.3 Å². The Hall–Kier alpha value is -2.96. The highest BCUT2D eigenvalue weighted by atomic mass is 19.1. The first-order valence-corrected chi connectivity index (χ1v) is 9.94. The van der Waals surface area contributed by atoms with E-state index in [-0.39, 0.29) is 11.9 Å². The summed E-state index contributed by atoms with van der Waals surface area (Å²) in [5.74, 6) is 1.24. The first-order valence-electron chi connectivity index (χ1n) is 9.94. The number of hydrogen-bond acceptors (Lipinski definition) is 5. The summed E-state index contributed by atoms with van der Waals surface area (Å²) >= 11 is 0. The molecule has 0 bridgehead atoms. The van der Waals surface area contributed by atoms with Crippen LogP contribution in [0.25, 0.3) is 0 Å². The molecular formula is C21H23FN6. The fourth-order valence-electron chi connectivity index (χ4n) is 3.98. The zero-order valence-electron chi connectivity index (χ0n) is 15.6. The molecule has 2 N–H and O–H groups in total. The van der Waals surface area contributed by atoms with E-state index in [0.717, 1.165) is 31.5 Å². The standard InChI is InChI=1S/C21H23FN6/c22-19-20(25-18-12-16(26-27-18)14-9-10-14)23-13-24-21(19)28-11-5-4-8-17(28)15-6-2-1-3-7-15/h1-3,6-7,12-14,17H,4-5,8-11H2,(H2,23,24,25,26,27). The van der Waals surface area contributed by atoms with Crippen LogP contribution in [0.15, 0.2) is 42.7 Å². The van der Waals surface area contributed by atoms with Crippen molar-refractivity contribution in [1.82, 2.24) is 20.2 Å². The topological polar surface area (TPSA) is 69.7 Å². The van der Waals surface area contributed by atoms with Gasteiger partial charge in [0.1, 0.15) is 6.33 Å². The number of anilines is 3. The number of H-pyrrole nitrogens is 1. The lowest BCUT2D eigenvalue weighted by molar-refractivity contribution is 0.459. The number of piperidine rings is 1. The molecule has 1 saturated carbocycles. The van der Waals surface area contributed by atoms with Gasteiger partial charge in [-0.1, -0.05) is 30.3 Å². The fraction of sp³-hybridized carbons (Fsp3) is 0.381. The van der Waals surface area contributed by atoms with E-state index in [1.165, 1.54) is 24.7 Å². The van der Waals surface area contributed by atoms with Crippen LogP contribution in [0.4, 0.5) is 21.8 Å². The molecule has 6 nitrogen and oxygen atoms in total. The highest BCUT2D eigenvalue weighted by Gasteiger charge is 2.29. The molecule has 144 valence electrons. The third-order valence-corrected chi connectivity index (χ3v) is 5.59. The Kier molecular flexibility index (Phi) is 4.43. The highest BCUT2D eigenvalue weighted by Crippen LogP contribution is 2.40. The second kappa shape index (κ2) is 7.22. The first-order chi connectivity index (χ1) is 13.8. The number of rotatable bonds is 5. The quantitative estimate of drug-likeness (QED) is 0.674. The second-order valence-corrected chi connectivity index (χ2v) is 7.58. The smallest absolute Gasteiger partial charge is 0.208 e. The minimum absolute atomic E-state index is 0.124. The molecule has 5 rings (SSSR count). The average Bonchev–Trinajstić information content (AvgIpc) is 3.49. The highest BCUT2D eigenvalue weighted by molar-refractivity contribution is 5.59. The summed E-state index contributed by atoms with van der Waals surface area (Å²) in [4.78, 5) is 10.5. The Morgan fingerprint density at radius 2 is 1.93 bits per heavy atom. The third kappa shape index (κ3) is 3.32. The molecule has 28 heavy (non-hydrogen) atoms. The van der Waals surface area contributed by atoms with Gasteiger partial charge in [-0.25, -0.2) is 9.97 Å². The van der Waals surface area contributed by atoms with E-state index < -0.39 is 5.82 Å². The Labute approximate surface area is 163 Å². The number of hydrogen-bond donors (Lipinski definition) is 2. The van der Waals surface area contributed by atoms with Gasteiger partial charge in [-0.2, -0.15) is 9.49 Å². The van der Waals surface area contributed by atoms with Gasteiger partial charge in [0, 0.05) is 24.2 Å². The fourth-order valence-corrected chi connectivity index (χ4v) is 3.98. The number of aromatic amines is 1. The lowest BCUT2D eigenvalue weighted by atomic mass is 9.95. The minimum Gasteiger partial charge on any atom is -0.347 e. The van der Waals surface area contributed by atoms with Crippen LogP contribution in [0, 0.1) is 5.82 Å². The third-order valence-electron chi connectivity index (χ3n) is 5.59. The van der Waals surface area contributed by atoms with Gasteiger partial charge < -0.3 is 10.2 Å². The van der Waals surface area contributed by atoms with Crippen molar-refractivity contribution in [3.05, 3.63) is 59.8 Å². The molecule has 0 radical (unpaired) electrons. The molecule has 1 aliphatic carbocycles.